The van der Waals surface area contributed by atoms with E-state index in [4.69, 9.17) is 14.7 Å². The Hall–Kier alpha value is -3.86. The average Bonchev–Trinajstić information content (AvgIpc) is 2.76. The highest BCUT2D eigenvalue weighted by Crippen LogP contribution is 2.19. The van der Waals surface area contributed by atoms with Gasteiger partial charge in [0.15, 0.2) is 6.61 Å². The Kier molecular flexibility index (Phi) is 8.58. The Bertz CT molecular complexity index is 981. The number of nitrogens with zero attached hydrogens (tertiary/aromatic N) is 1. The fourth-order valence-electron chi connectivity index (χ4n) is 2.75. The SMILES string of the molecule is CCOc1ccccc1C(=O)N[C@H](C(=O)OCC(=O)Nc1ccccc1C#N)C(C)C. The number of amides is 2. The van der Waals surface area contributed by atoms with Crippen molar-refractivity contribution in [3.8, 4) is 11.8 Å². The average molecular weight is 423 g/mol. The molecular formula is C23H25N3O5. The number of benzene rings is 2. The number of carbonyl (C=O) groups excluding carboxylic acids is 3. The molecule has 0 heterocycles. The van der Waals surface area contributed by atoms with Gasteiger partial charge < -0.3 is 20.1 Å². The minimum absolute atomic E-state index is 0.280. The largest absolute Gasteiger partial charge is 0.493 e. The van der Waals surface area contributed by atoms with Crippen LogP contribution in [0.25, 0.3) is 0 Å². The lowest BCUT2D eigenvalue weighted by atomic mass is 10.0. The van der Waals surface area contributed by atoms with Crippen molar-refractivity contribution >= 4 is 23.5 Å². The smallest absolute Gasteiger partial charge is 0.329 e. The van der Waals surface area contributed by atoms with Gasteiger partial charge in [-0.1, -0.05) is 38.1 Å². The maximum absolute atomic E-state index is 12.7. The van der Waals surface area contributed by atoms with E-state index >= 15 is 0 Å². The number of hydrogen-bond acceptors (Lipinski definition) is 6. The van der Waals surface area contributed by atoms with Gasteiger partial charge in [0, 0.05) is 0 Å². The Labute approximate surface area is 181 Å². The third-order valence-electron chi connectivity index (χ3n) is 4.31. The van der Waals surface area contributed by atoms with Crippen LogP contribution in [0, 0.1) is 17.2 Å². The number of anilines is 1. The second kappa shape index (κ2) is 11.4. The summed E-state index contributed by atoms with van der Waals surface area (Å²) in [6, 6.07) is 14.2. The van der Waals surface area contributed by atoms with E-state index in [1.54, 1.807) is 62.4 Å². The molecule has 31 heavy (non-hydrogen) atoms. The Morgan fingerprint density at radius 3 is 2.42 bits per heavy atom. The molecular weight excluding hydrogens is 398 g/mol. The van der Waals surface area contributed by atoms with Gasteiger partial charge in [-0.05, 0) is 37.1 Å². The molecule has 0 fully saturated rings. The molecule has 2 rings (SSSR count). The first-order chi connectivity index (χ1) is 14.9. The predicted molar refractivity (Wildman–Crippen MR) is 114 cm³/mol. The van der Waals surface area contributed by atoms with Gasteiger partial charge in [-0.15, -0.1) is 0 Å². The zero-order valence-corrected chi connectivity index (χ0v) is 17.7. The monoisotopic (exact) mass is 423 g/mol. The molecule has 2 amide bonds. The molecule has 2 N–H and O–H groups in total. The summed E-state index contributed by atoms with van der Waals surface area (Å²) in [4.78, 5) is 37.4. The number of rotatable bonds is 9. The van der Waals surface area contributed by atoms with Gasteiger partial charge >= 0.3 is 5.97 Å². The zero-order chi connectivity index (χ0) is 22.8. The topological polar surface area (TPSA) is 118 Å². The maximum Gasteiger partial charge on any atom is 0.329 e. The summed E-state index contributed by atoms with van der Waals surface area (Å²) in [6.45, 7) is 5.16. The zero-order valence-electron chi connectivity index (χ0n) is 17.7. The summed E-state index contributed by atoms with van der Waals surface area (Å²) in [7, 11) is 0. The number of nitriles is 1. The second-order valence-electron chi connectivity index (χ2n) is 6.94. The third-order valence-corrected chi connectivity index (χ3v) is 4.31. The highest BCUT2D eigenvalue weighted by Gasteiger charge is 2.27. The minimum atomic E-state index is -0.957. The first-order valence-electron chi connectivity index (χ1n) is 9.85. The fraction of sp³-hybridized carbons (Fsp3) is 0.304. The summed E-state index contributed by atoms with van der Waals surface area (Å²) < 4.78 is 10.6. The van der Waals surface area contributed by atoms with E-state index in [1.807, 2.05) is 13.0 Å². The molecule has 0 spiro atoms. The molecule has 1 atom stereocenters. The van der Waals surface area contributed by atoms with Gasteiger partial charge in [0.1, 0.15) is 17.9 Å². The van der Waals surface area contributed by atoms with Crippen molar-refractivity contribution in [1.82, 2.24) is 5.32 Å². The molecule has 8 heteroatoms. The quantitative estimate of drug-likeness (QED) is 0.599. The van der Waals surface area contributed by atoms with Crippen LogP contribution in [0.15, 0.2) is 48.5 Å². The van der Waals surface area contributed by atoms with Crippen LogP contribution < -0.4 is 15.4 Å². The lowest BCUT2D eigenvalue weighted by molar-refractivity contribution is -0.150. The Morgan fingerprint density at radius 2 is 1.74 bits per heavy atom. The van der Waals surface area contributed by atoms with E-state index in [0.717, 1.165) is 0 Å². The fourth-order valence-corrected chi connectivity index (χ4v) is 2.75. The van der Waals surface area contributed by atoms with Crippen molar-refractivity contribution in [3.63, 3.8) is 0 Å². The van der Waals surface area contributed by atoms with Gasteiger partial charge in [-0.2, -0.15) is 5.26 Å². The van der Waals surface area contributed by atoms with E-state index in [-0.39, 0.29) is 5.92 Å². The molecule has 162 valence electrons. The maximum atomic E-state index is 12.7. The Morgan fingerprint density at radius 1 is 1.06 bits per heavy atom. The third kappa shape index (κ3) is 6.57. The summed E-state index contributed by atoms with van der Waals surface area (Å²) in [5.41, 5.74) is 0.920. The van der Waals surface area contributed by atoms with Crippen LogP contribution in [0.5, 0.6) is 5.75 Å². The van der Waals surface area contributed by atoms with Crippen molar-refractivity contribution in [2.75, 3.05) is 18.5 Å². The number of para-hydroxylation sites is 2. The first-order valence-corrected chi connectivity index (χ1v) is 9.85. The van der Waals surface area contributed by atoms with Gasteiger partial charge in [0.2, 0.25) is 0 Å². The minimum Gasteiger partial charge on any atom is -0.493 e. The summed E-state index contributed by atoms with van der Waals surface area (Å²) in [5.74, 6) is -1.67. The molecule has 0 aliphatic carbocycles. The van der Waals surface area contributed by atoms with E-state index in [9.17, 15) is 14.4 Å². The normalized spacial score (nSPS) is 11.2. The molecule has 2 aromatic carbocycles. The van der Waals surface area contributed by atoms with Gasteiger partial charge in [0.05, 0.1) is 23.4 Å². The summed E-state index contributed by atoms with van der Waals surface area (Å²) >= 11 is 0. The van der Waals surface area contributed by atoms with Crippen molar-refractivity contribution in [3.05, 3.63) is 59.7 Å². The van der Waals surface area contributed by atoms with Crippen LogP contribution in [-0.4, -0.2) is 37.0 Å². The highest BCUT2D eigenvalue weighted by molar-refractivity contribution is 5.99. The van der Waals surface area contributed by atoms with E-state index in [1.165, 1.54) is 0 Å². The highest BCUT2D eigenvalue weighted by atomic mass is 16.5. The molecule has 2 aromatic rings. The van der Waals surface area contributed by atoms with Crippen LogP contribution in [0.1, 0.15) is 36.7 Å². The number of ether oxygens (including phenoxy) is 2. The van der Waals surface area contributed by atoms with E-state index in [0.29, 0.717) is 29.2 Å². The molecule has 0 unspecified atom stereocenters. The summed E-state index contributed by atoms with van der Waals surface area (Å²) in [5, 5.41) is 14.3. The first kappa shape index (κ1) is 23.4. The molecule has 0 bridgehead atoms. The van der Waals surface area contributed by atoms with Gasteiger partial charge in [-0.3, -0.25) is 9.59 Å². The van der Waals surface area contributed by atoms with Crippen molar-refractivity contribution in [2.45, 2.75) is 26.8 Å². The van der Waals surface area contributed by atoms with Crippen LogP contribution in [-0.2, 0) is 14.3 Å². The van der Waals surface area contributed by atoms with Gasteiger partial charge in [0.25, 0.3) is 11.8 Å². The van der Waals surface area contributed by atoms with Crippen LogP contribution in [0.3, 0.4) is 0 Å². The summed E-state index contributed by atoms with van der Waals surface area (Å²) in [6.07, 6.45) is 0. The van der Waals surface area contributed by atoms with Crippen molar-refractivity contribution < 1.29 is 23.9 Å². The number of nitrogens with one attached hydrogen (secondary N) is 2. The van der Waals surface area contributed by atoms with Crippen LogP contribution in [0.4, 0.5) is 5.69 Å². The van der Waals surface area contributed by atoms with Crippen LogP contribution >= 0.6 is 0 Å². The molecule has 0 saturated carbocycles. The number of hydrogen-bond donors (Lipinski definition) is 2. The van der Waals surface area contributed by atoms with Crippen molar-refractivity contribution in [1.29, 1.82) is 5.26 Å². The van der Waals surface area contributed by atoms with Gasteiger partial charge in [-0.25, -0.2) is 4.79 Å². The van der Waals surface area contributed by atoms with Crippen LogP contribution in [0.2, 0.25) is 0 Å². The lowest BCUT2D eigenvalue weighted by Crippen LogP contribution is -2.46. The second-order valence-corrected chi connectivity index (χ2v) is 6.94. The lowest BCUT2D eigenvalue weighted by Gasteiger charge is -2.21. The molecule has 0 radical (unpaired) electrons. The standard InChI is InChI=1S/C23H25N3O5/c1-4-30-19-12-8-6-10-17(19)22(28)26-21(15(2)3)23(29)31-14-20(27)25-18-11-7-5-9-16(18)13-24/h5-12,15,21H,4,14H2,1-3H3,(H,25,27)(H,26,28)/t21-/m0/s1. The number of esters is 1. The molecule has 8 nitrogen and oxygen atoms in total. The van der Waals surface area contributed by atoms with Crippen molar-refractivity contribution in [2.24, 2.45) is 5.92 Å². The predicted octanol–water partition coefficient (Wildman–Crippen LogP) is 2.89. The Balaban J connectivity index is 2.00. The van der Waals surface area contributed by atoms with E-state index in [2.05, 4.69) is 10.6 Å². The molecule has 0 aliphatic rings. The molecule has 0 aromatic heterocycles. The number of carbonyl (C=O) groups is 3. The van der Waals surface area contributed by atoms with E-state index < -0.39 is 30.4 Å². The molecule has 0 saturated heterocycles. The molecule has 0 aliphatic heterocycles.